The van der Waals surface area contributed by atoms with Gasteiger partial charge in [-0.1, -0.05) is 5.21 Å². The van der Waals surface area contributed by atoms with Gasteiger partial charge in [-0.15, -0.1) is 15.3 Å². The van der Waals surface area contributed by atoms with E-state index in [2.05, 4.69) is 20.5 Å². The van der Waals surface area contributed by atoms with Gasteiger partial charge in [0, 0.05) is 13.1 Å². The van der Waals surface area contributed by atoms with Crippen molar-refractivity contribution in [2.24, 2.45) is 7.05 Å². The molecule has 7 heteroatoms. The van der Waals surface area contributed by atoms with Crippen LogP contribution in [-0.4, -0.2) is 38.1 Å². The number of carbonyl (C=O) groups is 1. The van der Waals surface area contributed by atoms with E-state index in [1.807, 2.05) is 0 Å². The number of hydrogen-bond acceptors (Lipinski definition) is 6. The minimum Gasteiger partial charge on any atom is -0.480 e. The summed E-state index contributed by atoms with van der Waals surface area (Å²) >= 11 is 0. The molecule has 0 aliphatic carbocycles. The SMILES string of the molecule is COc1ccc(C(=O)c2cnnn2C)nn1. The van der Waals surface area contributed by atoms with Crippen molar-refractivity contribution in [1.29, 1.82) is 0 Å². The van der Waals surface area contributed by atoms with Crippen LogP contribution >= 0.6 is 0 Å². The number of nitrogens with zero attached hydrogens (tertiary/aromatic N) is 5. The predicted octanol–water partition coefficient (Wildman–Crippen LogP) is -0.155. The molecule has 0 aromatic carbocycles. The third-order valence-corrected chi connectivity index (χ3v) is 2.03. The van der Waals surface area contributed by atoms with Crippen LogP contribution in [0.4, 0.5) is 0 Å². The molecule has 0 amide bonds. The Bertz CT molecular complexity index is 505. The molecule has 0 aliphatic rings. The zero-order chi connectivity index (χ0) is 11.5. The normalized spacial score (nSPS) is 10.1. The van der Waals surface area contributed by atoms with Crippen LogP contribution in [0.25, 0.3) is 0 Å². The zero-order valence-electron chi connectivity index (χ0n) is 8.78. The first kappa shape index (κ1) is 10.2. The summed E-state index contributed by atoms with van der Waals surface area (Å²) in [6.45, 7) is 0. The van der Waals surface area contributed by atoms with Crippen LogP contribution in [0.1, 0.15) is 16.2 Å². The van der Waals surface area contributed by atoms with Crippen LogP contribution < -0.4 is 4.74 Å². The fourth-order valence-electron chi connectivity index (χ4n) is 1.18. The Morgan fingerprint density at radius 3 is 2.69 bits per heavy atom. The second-order valence-corrected chi connectivity index (χ2v) is 3.03. The highest BCUT2D eigenvalue weighted by molar-refractivity contribution is 6.06. The first-order valence-electron chi connectivity index (χ1n) is 4.49. The van der Waals surface area contributed by atoms with Crippen molar-refractivity contribution in [2.75, 3.05) is 7.11 Å². The number of ketones is 1. The number of methoxy groups -OCH3 is 1. The van der Waals surface area contributed by atoms with E-state index >= 15 is 0 Å². The van der Waals surface area contributed by atoms with Gasteiger partial charge in [-0.25, -0.2) is 4.68 Å². The summed E-state index contributed by atoms with van der Waals surface area (Å²) in [6, 6.07) is 3.12. The number of carbonyl (C=O) groups excluding carboxylic acids is 1. The molecule has 0 N–H and O–H groups in total. The maximum atomic E-state index is 11.9. The van der Waals surface area contributed by atoms with Crippen molar-refractivity contribution in [1.82, 2.24) is 25.2 Å². The lowest BCUT2D eigenvalue weighted by Crippen LogP contribution is -2.10. The molecule has 0 bridgehead atoms. The third kappa shape index (κ3) is 1.74. The molecule has 0 spiro atoms. The molecule has 82 valence electrons. The van der Waals surface area contributed by atoms with Crippen LogP contribution in [0.5, 0.6) is 5.88 Å². The summed E-state index contributed by atoms with van der Waals surface area (Å²) in [5, 5.41) is 14.8. The quantitative estimate of drug-likeness (QED) is 0.667. The van der Waals surface area contributed by atoms with Crippen molar-refractivity contribution < 1.29 is 9.53 Å². The van der Waals surface area contributed by atoms with Gasteiger partial charge in [-0.2, -0.15) is 0 Å². The molecule has 0 atom stereocenters. The first-order chi connectivity index (χ1) is 7.72. The van der Waals surface area contributed by atoms with Gasteiger partial charge < -0.3 is 4.74 Å². The molecular weight excluding hydrogens is 210 g/mol. The standard InChI is InChI=1S/C9H9N5O2/c1-14-7(5-10-13-14)9(15)6-3-4-8(16-2)12-11-6/h3-5H,1-2H3. The van der Waals surface area contributed by atoms with E-state index < -0.39 is 0 Å². The second-order valence-electron chi connectivity index (χ2n) is 3.03. The molecule has 0 fully saturated rings. The summed E-state index contributed by atoms with van der Waals surface area (Å²) in [5.74, 6) is 0.0855. The highest BCUT2D eigenvalue weighted by Crippen LogP contribution is 2.07. The lowest BCUT2D eigenvalue weighted by Gasteiger charge is -2.00. The summed E-state index contributed by atoms with van der Waals surface area (Å²) in [6.07, 6.45) is 1.38. The third-order valence-electron chi connectivity index (χ3n) is 2.03. The van der Waals surface area contributed by atoms with Crippen LogP contribution in [0.3, 0.4) is 0 Å². The monoisotopic (exact) mass is 219 g/mol. The van der Waals surface area contributed by atoms with E-state index in [1.165, 1.54) is 18.0 Å². The molecule has 7 nitrogen and oxygen atoms in total. The van der Waals surface area contributed by atoms with Gasteiger partial charge in [0.1, 0.15) is 11.4 Å². The smallest absolute Gasteiger partial charge is 0.233 e. The van der Waals surface area contributed by atoms with E-state index in [4.69, 9.17) is 4.74 Å². The van der Waals surface area contributed by atoms with Gasteiger partial charge in [0.15, 0.2) is 0 Å². The number of aryl methyl sites for hydroxylation is 1. The Labute approximate surface area is 91.1 Å². The molecule has 0 radical (unpaired) electrons. The van der Waals surface area contributed by atoms with E-state index in [-0.39, 0.29) is 11.5 Å². The van der Waals surface area contributed by atoms with Gasteiger partial charge in [0.2, 0.25) is 11.7 Å². The van der Waals surface area contributed by atoms with Crippen LogP contribution in [0.15, 0.2) is 18.3 Å². The molecule has 0 unspecified atom stereocenters. The summed E-state index contributed by atoms with van der Waals surface area (Å²) in [5.41, 5.74) is 0.589. The number of hydrogen-bond donors (Lipinski definition) is 0. The molecule has 0 saturated heterocycles. The molecule has 2 heterocycles. The minimum absolute atomic E-state index is 0.228. The van der Waals surface area contributed by atoms with E-state index in [9.17, 15) is 4.79 Å². The number of aromatic nitrogens is 5. The largest absolute Gasteiger partial charge is 0.480 e. The fourth-order valence-corrected chi connectivity index (χ4v) is 1.18. The molecule has 0 saturated carbocycles. The summed E-state index contributed by atoms with van der Waals surface area (Å²) in [4.78, 5) is 11.9. The van der Waals surface area contributed by atoms with E-state index in [0.717, 1.165) is 0 Å². The van der Waals surface area contributed by atoms with Crippen LogP contribution in [-0.2, 0) is 7.05 Å². The summed E-state index contributed by atoms with van der Waals surface area (Å²) < 4.78 is 6.23. The topological polar surface area (TPSA) is 82.8 Å². The molecule has 2 aromatic rings. The lowest BCUT2D eigenvalue weighted by molar-refractivity contribution is 0.102. The van der Waals surface area contributed by atoms with Crippen molar-refractivity contribution in [3.63, 3.8) is 0 Å². The van der Waals surface area contributed by atoms with Crippen molar-refractivity contribution in [2.45, 2.75) is 0 Å². The average Bonchev–Trinajstić information content (AvgIpc) is 2.75. The van der Waals surface area contributed by atoms with E-state index in [0.29, 0.717) is 11.6 Å². The van der Waals surface area contributed by atoms with Gasteiger partial charge in [-0.05, 0) is 6.07 Å². The molecule has 0 aliphatic heterocycles. The van der Waals surface area contributed by atoms with Crippen molar-refractivity contribution in [3.05, 3.63) is 29.7 Å². The average molecular weight is 219 g/mol. The molecule has 2 aromatic heterocycles. The lowest BCUT2D eigenvalue weighted by atomic mass is 10.2. The summed E-state index contributed by atoms with van der Waals surface area (Å²) in [7, 11) is 3.12. The highest BCUT2D eigenvalue weighted by atomic mass is 16.5. The number of ether oxygens (including phenoxy) is 1. The Kier molecular flexibility index (Phi) is 2.59. The minimum atomic E-state index is -0.275. The van der Waals surface area contributed by atoms with Crippen molar-refractivity contribution >= 4 is 5.78 Å². The van der Waals surface area contributed by atoms with Crippen molar-refractivity contribution in [3.8, 4) is 5.88 Å². The number of rotatable bonds is 3. The maximum absolute atomic E-state index is 11.9. The Morgan fingerprint density at radius 1 is 1.38 bits per heavy atom. The second kappa shape index (κ2) is 4.05. The molecule has 2 rings (SSSR count). The Morgan fingerprint density at radius 2 is 2.19 bits per heavy atom. The predicted molar refractivity (Wildman–Crippen MR) is 53.0 cm³/mol. The maximum Gasteiger partial charge on any atom is 0.233 e. The Balaban J connectivity index is 2.31. The van der Waals surface area contributed by atoms with Gasteiger partial charge in [-0.3, -0.25) is 4.79 Å². The van der Waals surface area contributed by atoms with E-state index in [1.54, 1.807) is 19.2 Å². The first-order valence-corrected chi connectivity index (χ1v) is 4.49. The van der Waals surface area contributed by atoms with Crippen LogP contribution in [0, 0.1) is 0 Å². The molecule has 16 heavy (non-hydrogen) atoms. The van der Waals surface area contributed by atoms with Gasteiger partial charge in [0.25, 0.3) is 0 Å². The highest BCUT2D eigenvalue weighted by Gasteiger charge is 2.15. The molecular formula is C9H9N5O2. The van der Waals surface area contributed by atoms with Gasteiger partial charge in [0.05, 0.1) is 13.3 Å². The zero-order valence-corrected chi connectivity index (χ0v) is 8.78. The van der Waals surface area contributed by atoms with Crippen LogP contribution in [0.2, 0.25) is 0 Å². The Hall–Kier alpha value is -2.31. The van der Waals surface area contributed by atoms with Gasteiger partial charge >= 0.3 is 0 Å². The fraction of sp³-hybridized carbons (Fsp3) is 0.222.